The number of nitrogens with zero attached hydrogens (tertiary/aromatic N) is 1. The standard InChI is InChI=1S/C15H28N2O2S/c1-9(2)7-12-15(19)17(11(5)8-20-6)13(10(3)4)14(18)16-12/h9-13H,7-8H2,1-6H3,(H,16,18). The van der Waals surface area contributed by atoms with E-state index < -0.39 is 0 Å². The highest BCUT2D eigenvalue weighted by Crippen LogP contribution is 2.24. The summed E-state index contributed by atoms with van der Waals surface area (Å²) >= 11 is 1.71. The van der Waals surface area contributed by atoms with E-state index in [1.54, 1.807) is 11.8 Å². The first-order valence-corrected chi connectivity index (χ1v) is 8.80. The highest BCUT2D eigenvalue weighted by molar-refractivity contribution is 7.98. The second-order valence-electron chi connectivity index (χ2n) is 6.43. The summed E-state index contributed by atoms with van der Waals surface area (Å²) in [4.78, 5) is 26.9. The quantitative estimate of drug-likeness (QED) is 0.817. The average molecular weight is 300 g/mol. The fourth-order valence-electron chi connectivity index (χ4n) is 2.83. The number of carbonyl (C=O) groups excluding carboxylic acids is 2. The van der Waals surface area contributed by atoms with Gasteiger partial charge in [-0.05, 0) is 31.4 Å². The molecule has 0 spiro atoms. The Morgan fingerprint density at radius 1 is 1.20 bits per heavy atom. The molecule has 0 aromatic rings. The Morgan fingerprint density at radius 3 is 2.25 bits per heavy atom. The number of piperazine rings is 1. The third-order valence-electron chi connectivity index (χ3n) is 3.66. The van der Waals surface area contributed by atoms with Crippen LogP contribution in [0.3, 0.4) is 0 Å². The Morgan fingerprint density at radius 2 is 1.80 bits per heavy atom. The molecule has 0 radical (unpaired) electrons. The third-order valence-corrected chi connectivity index (χ3v) is 4.47. The zero-order valence-corrected chi connectivity index (χ0v) is 14.3. The molecule has 20 heavy (non-hydrogen) atoms. The van der Waals surface area contributed by atoms with Crippen LogP contribution in [0.1, 0.15) is 41.0 Å². The summed E-state index contributed by atoms with van der Waals surface area (Å²) in [5.74, 6) is 1.45. The summed E-state index contributed by atoms with van der Waals surface area (Å²) in [5, 5.41) is 2.92. The molecule has 0 saturated carbocycles. The summed E-state index contributed by atoms with van der Waals surface area (Å²) in [6.45, 7) is 10.2. The van der Waals surface area contributed by atoms with Crippen molar-refractivity contribution in [1.82, 2.24) is 10.2 Å². The van der Waals surface area contributed by atoms with E-state index in [-0.39, 0.29) is 35.9 Å². The van der Waals surface area contributed by atoms with Gasteiger partial charge in [-0.2, -0.15) is 11.8 Å². The van der Waals surface area contributed by atoms with E-state index in [1.165, 1.54) is 0 Å². The molecule has 3 atom stereocenters. The van der Waals surface area contributed by atoms with Crippen LogP contribution >= 0.6 is 11.8 Å². The molecule has 1 aliphatic rings. The van der Waals surface area contributed by atoms with Crippen LogP contribution in [0.4, 0.5) is 0 Å². The number of hydrogen-bond donors (Lipinski definition) is 1. The molecular weight excluding hydrogens is 272 g/mol. The van der Waals surface area contributed by atoms with Crippen LogP contribution in [0.2, 0.25) is 0 Å². The maximum atomic E-state index is 12.7. The van der Waals surface area contributed by atoms with Gasteiger partial charge in [0.1, 0.15) is 12.1 Å². The third kappa shape index (κ3) is 3.90. The van der Waals surface area contributed by atoms with Crippen LogP contribution in [0.15, 0.2) is 0 Å². The van der Waals surface area contributed by atoms with Gasteiger partial charge in [-0.1, -0.05) is 27.7 Å². The molecule has 1 saturated heterocycles. The lowest BCUT2D eigenvalue weighted by molar-refractivity contribution is -0.153. The van der Waals surface area contributed by atoms with E-state index in [2.05, 4.69) is 19.2 Å². The van der Waals surface area contributed by atoms with Gasteiger partial charge in [0.05, 0.1) is 0 Å². The monoisotopic (exact) mass is 300 g/mol. The molecule has 1 heterocycles. The number of amides is 2. The predicted octanol–water partition coefficient (Wildman–Crippen LogP) is 2.14. The number of thioether (sulfide) groups is 1. The molecule has 0 aromatic carbocycles. The topological polar surface area (TPSA) is 49.4 Å². The van der Waals surface area contributed by atoms with E-state index >= 15 is 0 Å². The summed E-state index contributed by atoms with van der Waals surface area (Å²) < 4.78 is 0. The number of nitrogens with one attached hydrogen (secondary N) is 1. The van der Waals surface area contributed by atoms with E-state index in [0.717, 1.165) is 5.75 Å². The first-order valence-electron chi connectivity index (χ1n) is 7.41. The molecule has 1 rings (SSSR count). The van der Waals surface area contributed by atoms with E-state index in [4.69, 9.17) is 0 Å². The fraction of sp³-hybridized carbons (Fsp3) is 0.867. The second kappa shape index (κ2) is 7.34. The van der Waals surface area contributed by atoms with Crippen molar-refractivity contribution in [2.24, 2.45) is 11.8 Å². The van der Waals surface area contributed by atoms with Gasteiger partial charge in [-0.3, -0.25) is 9.59 Å². The molecule has 0 aromatic heterocycles. The van der Waals surface area contributed by atoms with E-state index in [1.807, 2.05) is 31.9 Å². The lowest BCUT2D eigenvalue weighted by Crippen LogP contribution is -2.67. The first kappa shape index (κ1) is 17.3. The lowest BCUT2D eigenvalue weighted by Gasteiger charge is -2.44. The Balaban J connectivity index is 3.01. The molecule has 1 N–H and O–H groups in total. The highest BCUT2D eigenvalue weighted by Gasteiger charge is 2.43. The van der Waals surface area contributed by atoms with Crippen LogP contribution in [0.5, 0.6) is 0 Å². The Kier molecular flexibility index (Phi) is 6.37. The summed E-state index contributed by atoms with van der Waals surface area (Å²) in [6.07, 6.45) is 2.73. The molecule has 5 heteroatoms. The molecule has 116 valence electrons. The van der Waals surface area contributed by atoms with Crippen molar-refractivity contribution in [1.29, 1.82) is 0 Å². The number of carbonyl (C=O) groups is 2. The smallest absolute Gasteiger partial charge is 0.246 e. The minimum Gasteiger partial charge on any atom is -0.342 e. The normalized spacial score (nSPS) is 25.3. The first-order chi connectivity index (χ1) is 9.29. The second-order valence-corrected chi connectivity index (χ2v) is 7.34. The molecule has 1 aliphatic heterocycles. The average Bonchev–Trinajstić information content (AvgIpc) is 2.31. The Bertz CT molecular complexity index is 358. The van der Waals surface area contributed by atoms with Gasteiger partial charge in [-0.15, -0.1) is 0 Å². The van der Waals surface area contributed by atoms with Gasteiger partial charge in [0.15, 0.2) is 0 Å². The van der Waals surface area contributed by atoms with Crippen molar-refractivity contribution in [3.63, 3.8) is 0 Å². The van der Waals surface area contributed by atoms with Crippen LogP contribution in [0, 0.1) is 11.8 Å². The van der Waals surface area contributed by atoms with Gasteiger partial charge < -0.3 is 10.2 Å². The summed E-state index contributed by atoms with van der Waals surface area (Å²) in [7, 11) is 0. The molecule has 2 amide bonds. The van der Waals surface area contributed by atoms with Crippen molar-refractivity contribution in [2.45, 2.75) is 59.2 Å². The minimum atomic E-state index is -0.359. The zero-order chi connectivity index (χ0) is 15.4. The maximum Gasteiger partial charge on any atom is 0.246 e. The van der Waals surface area contributed by atoms with Gasteiger partial charge in [-0.25, -0.2) is 0 Å². The van der Waals surface area contributed by atoms with Crippen LogP contribution in [-0.4, -0.2) is 46.8 Å². The van der Waals surface area contributed by atoms with Gasteiger partial charge >= 0.3 is 0 Å². The van der Waals surface area contributed by atoms with Crippen molar-refractivity contribution in [3.8, 4) is 0 Å². The number of hydrogen-bond acceptors (Lipinski definition) is 3. The SMILES string of the molecule is CSCC(C)N1C(=O)C(CC(C)C)NC(=O)C1C(C)C. The van der Waals surface area contributed by atoms with Crippen molar-refractivity contribution < 1.29 is 9.59 Å². The largest absolute Gasteiger partial charge is 0.342 e. The zero-order valence-electron chi connectivity index (χ0n) is 13.5. The molecule has 0 aliphatic carbocycles. The predicted molar refractivity (Wildman–Crippen MR) is 84.7 cm³/mol. The summed E-state index contributed by atoms with van der Waals surface area (Å²) in [6, 6.07) is -0.611. The van der Waals surface area contributed by atoms with Crippen LogP contribution in [0.25, 0.3) is 0 Å². The van der Waals surface area contributed by atoms with Gasteiger partial charge in [0, 0.05) is 11.8 Å². The fourth-order valence-corrected chi connectivity index (χ4v) is 3.47. The highest BCUT2D eigenvalue weighted by atomic mass is 32.2. The minimum absolute atomic E-state index is 0.00166. The summed E-state index contributed by atoms with van der Waals surface area (Å²) in [5.41, 5.74) is 0. The van der Waals surface area contributed by atoms with Gasteiger partial charge in [0.25, 0.3) is 0 Å². The van der Waals surface area contributed by atoms with Gasteiger partial charge in [0.2, 0.25) is 11.8 Å². The van der Waals surface area contributed by atoms with Crippen molar-refractivity contribution >= 4 is 23.6 Å². The molecular formula is C15H28N2O2S. The maximum absolute atomic E-state index is 12.7. The number of rotatable bonds is 6. The molecule has 0 bridgehead atoms. The van der Waals surface area contributed by atoms with E-state index in [9.17, 15) is 9.59 Å². The van der Waals surface area contributed by atoms with Crippen LogP contribution in [-0.2, 0) is 9.59 Å². The van der Waals surface area contributed by atoms with E-state index in [0.29, 0.717) is 12.3 Å². The Hall–Kier alpha value is -0.710. The van der Waals surface area contributed by atoms with Crippen molar-refractivity contribution in [3.05, 3.63) is 0 Å². The molecule has 4 nitrogen and oxygen atoms in total. The van der Waals surface area contributed by atoms with Crippen molar-refractivity contribution in [2.75, 3.05) is 12.0 Å². The molecule has 1 fully saturated rings. The Labute approximate surface area is 127 Å². The lowest BCUT2D eigenvalue weighted by atomic mass is 9.92. The van der Waals surface area contributed by atoms with Crippen LogP contribution < -0.4 is 5.32 Å². The molecule has 3 unspecified atom stereocenters.